The third-order valence-electron chi connectivity index (χ3n) is 5.46. The Morgan fingerprint density at radius 1 is 0.781 bits per heavy atom. The molecule has 0 radical (unpaired) electrons. The van der Waals surface area contributed by atoms with Gasteiger partial charge in [0.05, 0.1) is 12.6 Å². The molecule has 32 heavy (non-hydrogen) atoms. The Bertz CT molecular complexity index is 1900. The van der Waals surface area contributed by atoms with Gasteiger partial charge in [0.1, 0.15) is 23.2 Å². The number of hydrogen-bond acceptors (Lipinski definition) is 7. The number of benzene rings is 4. The minimum atomic E-state index is -0.208. The molecular formula is C24H6N6O2. The highest BCUT2D eigenvalue weighted by Gasteiger charge is 2.18. The Morgan fingerprint density at radius 3 is 1.81 bits per heavy atom. The summed E-state index contributed by atoms with van der Waals surface area (Å²) in [6.45, 7) is 7.16. The van der Waals surface area contributed by atoms with Gasteiger partial charge in [0.25, 0.3) is 0 Å². The van der Waals surface area contributed by atoms with Gasteiger partial charge in [-0.15, -0.1) is 0 Å². The van der Waals surface area contributed by atoms with Crippen LogP contribution < -0.4 is 11.1 Å². The Hall–Kier alpha value is -5.44. The molecule has 144 valence electrons. The Kier molecular flexibility index (Phi) is 3.28. The molecule has 8 nitrogen and oxygen atoms in total. The fourth-order valence-electron chi connectivity index (χ4n) is 4.16. The molecule has 0 aliphatic carbocycles. The predicted molar refractivity (Wildman–Crippen MR) is 115 cm³/mol. The van der Waals surface area contributed by atoms with Crippen LogP contribution in [0.2, 0.25) is 0 Å². The molecule has 8 heteroatoms. The highest BCUT2D eigenvalue weighted by atomic mass is 16.3. The van der Waals surface area contributed by atoms with E-state index in [-0.39, 0.29) is 22.4 Å². The average Bonchev–Trinajstić information content (AvgIpc) is 3.42. The minimum Gasteiger partial charge on any atom is -0.445 e. The lowest BCUT2D eigenvalue weighted by atomic mass is 9.93. The van der Waals surface area contributed by atoms with E-state index in [9.17, 15) is 5.26 Å². The molecule has 0 saturated carbocycles. The number of nitriles is 3. The van der Waals surface area contributed by atoms with Gasteiger partial charge in [-0.2, -0.15) is 10.5 Å². The van der Waals surface area contributed by atoms with Crippen LogP contribution in [-0.2, 0) is 0 Å². The van der Waals surface area contributed by atoms with Crippen molar-refractivity contribution in [1.82, 2.24) is 9.97 Å². The highest BCUT2D eigenvalue weighted by molar-refractivity contribution is 6.31. The molecule has 6 rings (SSSR count). The first-order chi connectivity index (χ1) is 15.7. The molecule has 0 N–H and O–H groups in total. The van der Waals surface area contributed by atoms with Gasteiger partial charge in [0.2, 0.25) is 11.1 Å². The first kappa shape index (κ1) is 17.4. The van der Waals surface area contributed by atoms with E-state index >= 15 is 0 Å². The van der Waals surface area contributed by atoms with E-state index in [0.29, 0.717) is 22.2 Å². The SMILES string of the molecule is [C-]#[N+]/C(C#N)=c1\nc2cc3ccc4cc5nc(=C(C#N)C#N)oc5c5ccc(c2o1)c3c45. The van der Waals surface area contributed by atoms with Crippen LogP contribution in [0.3, 0.4) is 0 Å². The fraction of sp³-hybridized carbons (Fsp3) is 0. The monoisotopic (exact) mass is 410 g/mol. The van der Waals surface area contributed by atoms with Gasteiger partial charge in [-0.25, -0.2) is 20.1 Å². The van der Waals surface area contributed by atoms with Crippen LogP contribution >= 0.6 is 0 Å². The van der Waals surface area contributed by atoms with Crippen LogP contribution in [0.15, 0.2) is 45.2 Å². The second kappa shape index (κ2) is 6.03. The van der Waals surface area contributed by atoms with Crippen molar-refractivity contribution >= 4 is 65.8 Å². The second-order valence-electron chi connectivity index (χ2n) is 7.08. The largest absolute Gasteiger partial charge is 0.445 e. The van der Waals surface area contributed by atoms with Crippen LogP contribution in [0, 0.1) is 40.6 Å². The van der Waals surface area contributed by atoms with E-state index in [1.54, 1.807) is 12.1 Å². The molecule has 4 aromatic carbocycles. The Labute approximate surface area is 177 Å². The summed E-state index contributed by atoms with van der Waals surface area (Å²) in [5.41, 5.74) is 1.65. The van der Waals surface area contributed by atoms with Gasteiger partial charge in [0.15, 0.2) is 16.7 Å². The van der Waals surface area contributed by atoms with Crippen molar-refractivity contribution in [3.05, 3.63) is 58.9 Å². The topological polar surface area (TPSA) is 128 Å². The maximum atomic E-state index is 9.18. The highest BCUT2D eigenvalue weighted by Crippen LogP contribution is 2.40. The molecule has 6 aromatic rings. The van der Waals surface area contributed by atoms with E-state index < -0.39 is 0 Å². The molecule has 2 aromatic heterocycles. The maximum Gasteiger partial charge on any atom is 0.322 e. The zero-order chi connectivity index (χ0) is 22.0. The quantitative estimate of drug-likeness (QED) is 0.276. The standard InChI is InChI=1S/C24H6N6O2/c1-28-18(10-27)24-30-17-7-12-3-2-11-6-16-21(31-23(29-16)13(8-25)9-26)14-4-5-15(22(17)32-24)20(12)19(11)14/h2-7H/b24-18+. The van der Waals surface area contributed by atoms with Gasteiger partial charge in [0, 0.05) is 21.5 Å². The molecule has 0 aliphatic rings. The average molecular weight is 410 g/mol. The summed E-state index contributed by atoms with van der Waals surface area (Å²) >= 11 is 0. The minimum absolute atomic E-state index is 0.00843. The van der Waals surface area contributed by atoms with Crippen molar-refractivity contribution in [2.24, 2.45) is 0 Å². The lowest BCUT2D eigenvalue weighted by molar-refractivity contribution is 0.561. The van der Waals surface area contributed by atoms with Crippen LogP contribution in [-0.4, -0.2) is 9.97 Å². The molecule has 0 saturated heterocycles. The van der Waals surface area contributed by atoms with Crippen molar-refractivity contribution in [2.45, 2.75) is 0 Å². The summed E-state index contributed by atoms with van der Waals surface area (Å²) in [4.78, 5) is 11.9. The van der Waals surface area contributed by atoms with E-state index in [1.807, 2.05) is 42.5 Å². The smallest absolute Gasteiger partial charge is 0.322 e. The zero-order valence-corrected chi connectivity index (χ0v) is 16.0. The Balaban J connectivity index is 1.84. The normalized spacial score (nSPS) is 12.1. The van der Waals surface area contributed by atoms with E-state index in [0.717, 1.165) is 32.3 Å². The summed E-state index contributed by atoms with van der Waals surface area (Å²) in [6, 6.07) is 16.8. The molecule has 0 amide bonds. The molecule has 0 spiro atoms. The number of rotatable bonds is 0. The van der Waals surface area contributed by atoms with Crippen molar-refractivity contribution in [3.8, 4) is 18.2 Å². The summed E-state index contributed by atoms with van der Waals surface area (Å²) in [5.74, 6) is 0. The van der Waals surface area contributed by atoms with Gasteiger partial charge in [-0.1, -0.05) is 12.1 Å². The molecule has 0 unspecified atom stereocenters. The molecule has 0 fully saturated rings. The fourth-order valence-corrected chi connectivity index (χ4v) is 4.16. The van der Waals surface area contributed by atoms with Gasteiger partial charge in [-0.3, -0.25) is 0 Å². The summed E-state index contributed by atoms with van der Waals surface area (Å²) in [5, 5.41) is 32.7. The van der Waals surface area contributed by atoms with Gasteiger partial charge >= 0.3 is 5.70 Å². The molecular weight excluding hydrogens is 404 g/mol. The molecule has 0 bridgehead atoms. The van der Waals surface area contributed by atoms with Gasteiger partial charge in [-0.05, 0) is 35.0 Å². The lowest BCUT2D eigenvalue weighted by Gasteiger charge is -2.10. The molecule has 0 atom stereocenters. The number of hydrogen-bond donors (Lipinski definition) is 0. The summed E-state index contributed by atoms with van der Waals surface area (Å²) in [7, 11) is 0. The van der Waals surface area contributed by atoms with Crippen molar-refractivity contribution < 1.29 is 8.83 Å². The molecule has 0 aliphatic heterocycles. The van der Waals surface area contributed by atoms with Crippen molar-refractivity contribution in [3.63, 3.8) is 0 Å². The third kappa shape index (κ3) is 2.10. The zero-order valence-electron chi connectivity index (χ0n) is 16.0. The second-order valence-corrected chi connectivity index (χ2v) is 7.08. The predicted octanol–water partition coefficient (Wildman–Crippen LogP) is 3.62. The number of aromatic nitrogens is 2. The Morgan fingerprint density at radius 2 is 1.31 bits per heavy atom. The van der Waals surface area contributed by atoms with E-state index in [2.05, 4.69) is 14.8 Å². The lowest BCUT2D eigenvalue weighted by Crippen LogP contribution is -2.03. The van der Waals surface area contributed by atoms with Crippen LogP contribution in [0.25, 0.3) is 70.6 Å². The van der Waals surface area contributed by atoms with Gasteiger partial charge < -0.3 is 8.83 Å². The summed E-state index contributed by atoms with van der Waals surface area (Å²) < 4.78 is 11.6. The van der Waals surface area contributed by atoms with Crippen LogP contribution in [0.5, 0.6) is 0 Å². The third-order valence-corrected chi connectivity index (χ3v) is 5.46. The van der Waals surface area contributed by atoms with E-state index in [1.165, 1.54) is 0 Å². The first-order valence-electron chi connectivity index (χ1n) is 9.31. The molecule has 2 heterocycles. The van der Waals surface area contributed by atoms with Crippen molar-refractivity contribution in [2.75, 3.05) is 0 Å². The maximum absolute atomic E-state index is 9.18. The van der Waals surface area contributed by atoms with Crippen LogP contribution in [0.1, 0.15) is 0 Å². The first-order valence-corrected chi connectivity index (χ1v) is 9.31. The van der Waals surface area contributed by atoms with Crippen LogP contribution in [0.4, 0.5) is 0 Å². The number of oxazole rings is 2. The van der Waals surface area contributed by atoms with Crippen molar-refractivity contribution in [1.29, 1.82) is 15.8 Å². The summed E-state index contributed by atoms with van der Waals surface area (Å²) in [6.07, 6.45) is 0. The number of nitrogens with zero attached hydrogens (tertiary/aromatic N) is 6. The number of fused-ring (bicyclic) bond motifs is 4. The van der Waals surface area contributed by atoms with E-state index in [4.69, 9.17) is 25.9 Å².